The Morgan fingerprint density at radius 1 is 1.16 bits per heavy atom. The molecular weight excluding hydrogens is 321 g/mol. The molecule has 0 spiro atoms. The van der Waals surface area contributed by atoms with Gasteiger partial charge in [0.25, 0.3) is 0 Å². The Balaban J connectivity index is 1.84. The van der Waals surface area contributed by atoms with E-state index in [0.717, 1.165) is 20.4 Å². The first kappa shape index (κ1) is 13.1. The maximum atomic E-state index is 5.92. The summed E-state index contributed by atoms with van der Waals surface area (Å²) in [5, 5.41) is 5.41. The van der Waals surface area contributed by atoms with Gasteiger partial charge in [-0.1, -0.05) is 46.7 Å². The number of hydrogen-bond acceptors (Lipinski definition) is 5. The first-order valence-electron chi connectivity index (χ1n) is 5.57. The first-order valence-corrected chi connectivity index (χ1v) is 7.96. The van der Waals surface area contributed by atoms with Crippen LogP contribution in [0.25, 0.3) is 10.2 Å². The van der Waals surface area contributed by atoms with Crippen LogP contribution < -0.4 is 5.32 Å². The van der Waals surface area contributed by atoms with Gasteiger partial charge in [0.1, 0.15) is 9.34 Å². The summed E-state index contributed by atoms with van der Waals surface area (Å²) in [5.41, 5.74) is 0.998. The van der Waals surface area contributed by atoms with Crippen LogP contribution in [0.4, 0.5) is 5.13 Å². The van der Waals surface area contributed by atoms with E-state index < -0.39 is 0 Å². The summed E-state index contributed by atoms with van der Waals surface area (Å²) in [6, 6.07) is 8.07. The topological polar surface area (TPSA) is 37.8 Å². The number of nitrogens with zero attached hydrogens (tertiary/aromatic N) is 2. The molecule has 0 bridgehead atoms. The molecule has 19 heavy (non-hydrogen) atoms. The Labute approximate surface area is 128 Å². The van der Waals surface area contributed by atoms with Crippen LogP contribution in [0, 0.1) is 0 Å². The molecule has 2 aromatic heterocycles. The lowest BCUT2D eigenvalue weighted by Gasteiger charge is -2.08. The molecule has 3 nitrogen and oxygen atoms in total. The highest BCUT2D eigenvalue weighted by Crippen LogP contribution is 2.34. The summed E-state index contributed by atoms with van der Waals surface area (Å²) in [7, 11) is 0. The quantitative estimate of drug-likeness (QED) is 0.714. The van der Waals surface area contributed by atoms with Crippen molar-refractivity contribution >= 4 is 61.2 Å². The molecule has 98 valence electrons. The smallest absolute Gasteiger partial charge is 0.184 e. The van der Waals surface area contributed by atoms with E-state index in [1.165, 1.54) is 11.3 Å². The number of hydrogen-bond donors (Lipinski definition) is 1. The van der Waals surface area contributed by atoms with Crippen molar-refractivity contribution in [3.8, 4) is 0 Å². The van der Waals surface area contributed by atoms with Crippen molar-refractivity contribution in [1.82, 2.24) is 9.97 Å². The number of rotatable bonds is 3. The predicted octanol–water partition coefficient (Wildman–Crippen LogP) is 5.23. The van der Waals surface area contributed by atoms with Crippen LogP contribution in [0.1, 0.15) is 18.0 Å². The second-order valence-corrected chi connectivity index (χ2v) is 6.99. The maximum Gasteiger partial charge on any atom is 0.184 e. The number of benzene rings is 1. The minimum Gasteiger partial charge on any atom is -0.353 e. The standard InChI is InChI=1S/C12H9Cl2N3S2/c1-6(11-17-9(13)10(14)19-11)15-12-16-7-4-2-3-5-8(7)18-12/h2-6H,1H3,(H,15,16). The third kappa shape index (κ3) is 2.69. The van der Waals surface area contributed by atoms with Crippen molar-refractivity contribution < 1.29 is 0 Å². The molecule has 7 heteroatoms. The summed E-state index contributed by atoms with van der Waals surface area (Å²) in [6.07, 6.45) is 0. The predicted molar refractivity (Wildman–Crippen MR) is 83.8 cm³/mol. The van der Waals surface area contributed by atoms with Crippen molar-refractivity contribution in [3.05, 3.63) is 38.8 Å². The Bertz CT molecular complexity index is 670. The molecule has 1 aromatic carbocycles. The van der Waals surface area contributed by atoms with Gasteiger partial charge in [-0.25, -0.2) is 9.97 Å². The summed E-state index contributed by atoms with van der Waals surface area (Å²) in [6.45, 7) is 2.01. The Morgan fingerprint density at radius 3 is 2.63 bits per heavy atom. The average Bonchev–Trinajstić information content (AvgIpc) is 2.93. The molecular formula is C12H9Cl2N3S2. The van der Waals surface area contributed by atoms with Gasteiger partial charge in [0, 0.05) is 0 Å². The van der Waals surface area contributed by atoms with Gasteiger partial charge in [-0.3, -0.25) is 0 Å². The second-order valence-electron chi connectivity index (χ2n) is 3.97. The zero-order valence-electron chi connectivity index (χ0n) is 9.85. The molecule has 0 aliphatic carbocycles. The monoisotopic (exact) mass is 329 g/mol. The summed E-state index contributed by atoms with van der Waals surface area (Å²) in [4.78, 5) is 8.75. The van der Waals surface area contributed by atoms with Gasteiger partial charge in [0.2, 0.25) is 0 Å². The molecule has 1 atom stereocenters. The Kier molecular flexibility index (Phi) is 3.62. The van der Waals surface area contributed by atoms with Gasteiger partial charge in [0.15, 0.2) is 10.3 Å². The molecule has 0 aliphatic heterocycles. The summed E-state index contributed by atoms with van der Waals surface area (Å²) in [5.74, 6) is 0. The molecule has 0 fully saturated rings. The number of para-hydroxylation sites is 1. The molecule has 1 N–H and O–H groups in total. The van der Waals surface area contributed by atoms with Gasteiger partial charge in [0.05, 0.1) is 16.3 Å². The number of aromatic nitrogens is 2. The van der Waals surface area contributed by atoms with Gasteiger partial charge in [-0.05, 0) is 19.1 Å². The van der Waals surface area contributed by atoms with E-state index in [4.69, 9.17) is 23.2 Å². The van der Waals surface area contributed by atoms with Crippen LogP contribution in [0.5, 0.6) is 0 Å². The van der Waals surface area contributed by atoms with Gasteiger partial charge < -0.3 is 5.32 Å². The molecule has 0 amide bonds. The Morgan fingerprint density at radius 2 is 1.95 bits per heavy atom. The largest absolute Gasteiger partial charge is 0.353 e. The van der Waals surface area contributed by atoms with E-state index in [1.54, 1.807) is 11.3 Å². The number of thiazole rings is 2. The Hall–Kier alpha value is -0.880. The van der Waals surface area contributed by atoms with Crippen molar-refractivity contribution in [2.75, 3.05) is 5.32 Å². The van der Waals surface area contributed by atoms with E-state index in [0.29, 0.717) is 9.49 Å². The fourth-order valence-electron chi connectivity index (χ4n) is 1.66. The van der Waals surface area contributed by atoms with Crippen LogP contribution in [0.2, 0.25) is 9.49 Å². The first-order chi connectivity index (χ1) is 9.13. The average molecular weight is 330 g/mol. The van der Waals surface area contributed by atoms with Gasteiger partial charge >= 0.3 is 0 Å². The zero-order chi connectivity index (χ0) is 13.4. The highest BCUT2D eigenvalue weighted by Gasteiger charge is 2.15. The van der Waals surface area contributed by atoms with E-state index in [2.05, 4.69) is 21.4 Å². The maximum absolute atomic E-state index is 5.92. The highest BCUT2D eigenvalue weighted by atomic mass is 35.5. The van der Waals surface area contributed by atoms with Crippen LogP contribution >= 0.6 is 45.9 Å². The highest BCUT2D eigenvalue weighted by molar-refractivity contribution is 7.22. The normalized spacial score (nSPS) is 12.8. The van der Waals surface area contributed by atoms with Crippen LogP contribution in [0.3, 0.4) is 0 Å². The lowest BCUT2D eigenvalue weighted by molar-refractivity contribution is 0.868. The number of anilines is 1. The molecule has 0 aliphatic rings. The van der Waals surface area contributed by atoms with Crippen molar-refractivity contribution in [2.45, 2.75) is 13.0 Å². The van der Waals surface area contributed by atoms with Crippen molar-refractivity contribution in [2.24, 2.45) is 0 Å². The van der Waals surface area contributed by atoms with E-state index in [9.17, 15) is 0 Å². The van der Waals surface area contributed by atoms with Crippen LogP contribution in [0.15, 0.2) is 24.3 Å². The molecule has 0 radical (unpaired) electrons. The van der Waals surface area contributed by atoms with Crippen LogP contribution in [-0.2, 0) is 0 Å². The van der Waals surface area contributed by atoms with Gasteiger partial charge in [-0.15, -0.1) is 11.3 Å². The fourth-order valence-corrected chi connectivity index (χ4v) is 3.84. The third-order valence-electron chi connectivity index (χ3n) is 2.57. The lowest BCUT2D eigenvalue weighted by atomic mass is 10.3. The number of fused-ring (bicyclic) bond motifs is 1. The summed E-state index contributed by atoms with van der Waals surface area (Å²) >= 11 is 14.8. The van der Waals surface area contributed by atoms with Gasteiger partial charge in [-0.2, -0.15) is 0 Å². The molecule has 2 heterocycles. The van der Waals surface area contributed by atoms with Crippen molar-refractivity contribution in [3.63, 3.8) is 0 Å². The second kappa shape index (κ2) is 5.25. The molecule has 0 saturated carbocycles. The third-order valence-corrected chi connectivity index (χ3v) is 5.46. The molecule has 0 saturated heterocycles. The molecule has 3 rings (SSSR count). The van der Waals surface area contributed by atoms with E-state index in [1.807, 2.05) is 25.1 Å². The number of nitrogens with one attached hydrogen (secondary N) is 1. The SMILES string of the molecule is CC(Nc1nc2ccccc2s1)c1nc(Cl)c(Cl)s1. The molecule has 1 unspecified atom stereocenters. The van der Waals surface area contributed by atoms with Crippen LogP contribution in [-0.4, -0.2) is 9.97 Å². The van der Waals surface area contributed by atoms with E-state index in [-0.39, 0.29) is 6.04 Å². The van der Waals surface area contributed by atoms with Crippen molar-refractivity contribution in [1.29, 1.82) is 0 Å². The zero-order valence-corrected chi connectivity index (χ0v) is 13.0. The van der Waals surface area contributed by atoms with E-state index >= 15 is 0 Å². The minimum atomic E-state index is 0.0237. The number of halogens is 2. The summed E-state index contributed by atoms with van der Waals surface area (Å²) < 4.78 is 1.68. The fraction of sp³-hybridized carbons (Fsp3) is 0.167. The minimum absolute atomic E-state index is 0.0237. The lowest BCUT2D eigenvalue weighted by Crippen LogP contribution is -2.05. The molecule has 3 aromatic rings.